The van der Waals surface area contributed by atoms with Crippen LogP contribution >= 0.6 is 11.3 Å². The molecular formula is C13H20N2O2S. The number of thiazole rings is 1. The summed E-state index contributed by atoms with van der Waals surface area (Å²) in [5.41, 5.74) is 6.56. The summed E-state index contributed by atoms with van der Waals surface area (Å²) in [4.78, 5) is 16.2. The van der Waals surface area contributed by atoms with Crippen LogP contribution in [0.5, 0.6) is 0 Å². The maximum atomic E-state index is 12.0. The van der Waals surface area contributed by atoms with Gasteiger partial charge in [-0.05, 0) is 11.8 Å². The molecule has 1 heterocycles. The van der Waals surface area contributed by atoms with E-state index in [1.54, 1.807) is 5.38 Å². The summed E-state index contributed by atoms with van der Waals surface area (Å²) >= 11 is 1.32. The molecule has 0 radical (unpaired) electrons. The molecule has 0 atom stereocenters. The molecule has 0 aromatic carbocycles. The van der Waals surface area contributed by atoms with Gasteiger partial charge in [0.15, 0.2) is 5.13 Å². The lowest BCUT2D eigenvalue weighted by Crippen LogP contribution is -2.12. The monoisotopic (exact) mass is 268 g/mol. The molecule has 0 amide bonds. The molecule has 100 valence electrons. The third kappa shape index (κ3) is 4.49. The van der Waals surface area contributed by atoms with Gasteiger partial charge in [0.05, 0.1) is 17.9 Å². The summed E-state index contributed by atoms with van der Waals surface area (Å²) in [6, 6.07) is 0. The number of carbonyl (C=O) groups is 1. The molecule has 0 bridgehead atoms. The minimum Gasteiger partial charge on any atom is -0.462 e. The lowest BCUT2D eigenvalue weighted by Gasteiger charge is -2.15. The Morgan fingerprint density at radius 2 is 2.22 bits per heavy atom. The molecule has 0 aliphatic heterocycles. The number of nitrogens with zero attached hydrogens (tertiary/aromatic N) is 1. The van der Waals surface area contributed by atoms with Gasteiger partial charge in [-0.2, -0.15) is 0 Å². The summed E-state index contributed by atoms with van der Waals surface area (Å²) in [5, 5.41) is 2.23. The molecule has 4 nitrogen and oxygen atoms in total. The van der Waals surface area contributed by atoms with E-state index in [-0.39, 0.29) is 11.4 Å². The third-order valence-electron chi connectivity index (χ3n) is 2.03. The van der Waals surface area contributed by atoms with Gasteiger partial charge in [0, 0.05) is 5.38 Å². The van der Waals surface area contributed by atoms with E-state index in [0.717, 1.165) is 6.42 Å². The van der Waals surface area contributed by atoms with Gasteiger partial charge < -0.3 is 10.5 Å². The SMILES string of the molecule is CCCOC(=O)/C(=C/C(C)(C)C)c1csc(N)n1. The molecule has 1 aromatic rings. The summed E-state index contributed by atoms with van der Waals surface area (Å²) in [6.45, 7) is 8.45. The van der Waals surface area contributed by atoms with E-state index in [4.69, 9.17) is 10.5 Å². The fourth-order valence-electron chi connectivity index (χ4n) is 1.35. The smallest absolute Gasteiger partial charge is 0.340 e. The highest BCUT2D eigenvalue weighted by atomic mass is 32.1. The average Bonchev–Trinajstić information content (AvgIpc) is 2.68. The number of nitrogens with two attached hydrogens (primary N) is 1. The number of aromatic nitrogens is 1. The second-order valence-electron chi connectivity index (χ2n) is 5.13. The minimum absolute atomic E-state index is 0.126. The number of hydrogen-bond donors (Lipinski definition) is 1. The van der Waals surface area contributed by atoms with Gasteiger partial charge in [-0.15, -0.1) is 11.3 Å². The maximum Gasteiger partial charge on any atom is 0.340 e. The highest BCUT2D eigenvalue weighted by Crippen LogP contribution is 2.26. The maximum absolute atomic E-state index is 12.0. The van der Waals surface area contributed by atoms with E-state index < -0.39 is 0 Å². The Labute approximate surface area is 112 Å². The summed E-state index contributed by atoms with van der Waals surface area (Å²) in [7, 11) is 0. The molecule has 0 saturated heterocycles. The predicted molar refractivity (Wildman–Crippen MR) is 75.2 cm³/mol. The van der Waals surface area contributed by atoms with Crippen molar-refractivity contribution in [1.29, 1.82) is 0 Å². The van der Waals surface area contributed by atoms with E-state index in [1.807, 2.05) is 33.8 Å². The zero-order chi connectivity index (χ0) is 13.8. The fraction of sp³-hybridized carbons (Fsp3) is 0.538. The van der Waals surface area contributed by atoms with E-state index in [2.05, 4.69) is 4.98 Å². The Morgan fingerprint density at radius 3 is 2.67 bits per heavy atom. The zero-order valence-corrected chi connectivity index (χ0v) is 12.1. The van der Waals surface area contributed by atoms with Crippen LogP contribution in [0, 0.1) is 5.41 Å². The van der Waals surface area contributed by atoms with Crippen molar-refractivity contribution in [3.8, 4) is 0 Å². The van der Waals surface area contributed by atoms with Crippen LogP contribution in [0.3, 0.4) is 0 Å². The molecule has 0 fully saturated rings. The van der Waals surface area contributed by atoms with Crippen molar-refractivity contribution in [2.75, 3.05) is 12.3 Å². The first-order chi connectivity index (χ1) is 8.33. The number of esters is 1. The first-order valence-electron chi connectivity index (χ1n) is 5.95. The van der Waals surface area contributed by atoms with Gasteiger partial charge in [0.25, 0.3) is 0 Å². The molecule has 18 heavy (non-hydrogen) atoms. The molecule has 0 aliphatic carbocycles. The van der Waals surface area contributed by atoms with Crippen molar-refractivity contribution in [3.63, 3.8) is 0 Å². The number of allylic oxidation sites excluding steroid dienone is 1. The number of hydrogen-bond acceptors (Lipinski definition) is 5. The number of rotatable bonds is 4. The second kappa shape index (κ2) is 6.00. The first-order valence-corrected chi connectivity index (χ1v) is 6.83. The quantitative estimate of drug-likeness (QED) is 0.673. The number of nitrogen functional groups attached to an aromatic ring is 1. The number of ether oxygens (including phenoxy) is 1. The van der Waals surface area contributed by atoms with Crippen LogP contribution in [0.2, 0.25) is 0 Å². The van der Waals surface area contributed by atoms with Crippen molar-refractivity contribution in [1.82, 2.24) is 4.98 Å². The van der Waals surface area contributed by atoms with Gasteiger partial charge in [0.2, 0.25) is 0 Å². The summed E-state index contributed by atoms with van der Waals surface area (Å²) < 4.78 is 5.18. The van der Waals surface area contributed by atoms with Gasteiger partial charge >= 0.3 is 5.97 Å². The minimum atomic E-state index is -0.336. The molecule has 5 heteroatoms. The summed E-state index contributed by atoms with van der Waals surface area (Å²) in [6.07, 6.45) is 2.67. The Morgan fingerprint density at radius 1 is 1.56 bits per heavy atom. The molecule has 0 unspecified atom stereocenters. The highest BCUT2D eigenvalue weighted by molar-refractivity contribution is 7.13. The van der Waals surface area contributed by atoms with Crippen LogP contribution in [0.25, 0.3) is 5.57 Å². The van der Waals surface area contributed by atoms with Crippen LogP contribution in [0.4, 0.5) is 5.13 Å². The van der Waals surface area contributed by atoms with E-state index >= 15 is 0 Å². The molecule has 2 N–H and O–H groups in total. The number of anilines is 1. The van der Waals surface area contributed by atoms with Gasteiger partial charge in [-0.3, -0.25) is 0 Å². The van der Waals surface area contributed by atoms with Crippen LogP contribution in [0.1, 0.15) is 39.8 Å². The molecule has 0 spiro atoms. The largest absolute Gasteiger partial charge is 0.462 e. The predicted octanol–water partition coefficient (Wildman–Crippen LogP) is 3.11. The number of carbonyl (C=O) groups excluding carboxylic acids is 1. The van der Waals surface area contributed by atoms with Crippen LogP contribution in [-0.4, -0.2) is 17.6 Å². The third-order valence-corrected chi connectivity index (χ3v) is 2.71. The van der Waals surface area contributed by atoms with E-state index in [1.165, 1.54) is 11.3 Å². The molecule has 1 aromatic heterocycles. The summed E-state index contributed by atoms with van der Waals surface area (Å²) in [5.74, 6) is -0.336. The van der Waals surface area contributed by atoms with Gasteiger partial charge in [0.1, 0.15) is 0 Å². The fourth-order valence-corrected chi connectivity index (χ4v) is 1.92. The van der Waals surface area contributed by atoms with Crippen molar-refractivity contribution in [2.24, 2.45) is 5.41 Å². The van der Waals surface area contributed by atoms with Crippen LogP contribution in [0.15, 0.2) is 11.5 Å². The molecule has 0 saturated carbocycles. The molecule has 1 rings (SSSR count). The Hall–Kier alpha value is -1.36. The Kier molecular flexibility index (Phi) is 4.90. The van der Waals surface area contributed by atoms with E-state index in [0.29, 0.717) is 23.0 Å². The molecular weight excluding hydrogens is 248 g/mol. The Bertz CT molecular complexity index is 444. The van der Waals surface area contributed by atoms with Crippen molar-refractivity contribution >= 4 is 28.0 Å². The molecule has 0 aliphatic rings. The lowest BCUT2D eigenvalue weighted by atomic mass is 9.92. The highest BCUT2D eigenvalue weighted by Gasteiger charge is 2.20. The first kappa shape index (κ1) is 14.7. The van der Waals surface area contributed by atoms with Gasteiger partial charge in [-0.1, -0.05) is 33.8 Å². The second-order valence-corrected chi connectivity index (χ2v) is 6.02. The normalized spacial score (nSPS) is 12.6. The van der Waals surface area contributed by atoms with Crippen molar-refractivity contribution < 1.29 is 9.53 Å². The zero-order valence-electron chi connectivity index (χ0n) is 11.3. The Balaban J connectivity index is 3.03. The van der Waals surface area contributed by atoms with E-state index in [9.17, 15) is 4.79 Å². The van der Waals surface area contributed by atoms with Crippen LogP contribution < -0.4 is 5.73 Å². The average molecular weight is 268 g/mol. The van der Waals surface area contributed by atoms with Gasteiger partial charge in [-0.25, -0.2) is 9.78 Å². The standard InChI is InChI=1S/C13H20N2O2S/c1-5-6-17-11(16)9(7-13(2,3)4)10-8-18-12(14)15-10/h7-8H,5-6H2,1-4H3,(H2,14,15)/b9-7+. The van der Waals surface area contributed by atoms with Crippen molar-refractivity contribution in [3.05, 3.63) is 17.2 Å². The van der Waals surface area contributed by atoms with Crippen LogP contribution in [-0.2, 0) is 9.53 Å². The lowest BCUT2D eigenvalue weighted by molar-refractivity contribution is -0.136. The van der Waals surface area contributed by atoms with Crippen molar-refractivity contribution in [2.45, 2.75) is 34.1 Å². The topological polar surface area (TPSA) is 65.2 Å².